The number of anilines is 1. The van der Waals surface area contributed by atoms with Crippen LogP contribution in [0, 0.1) is 25.2 Å². The van der Waals surface area contributed by atoms with Gasteiger partial charge in [-0.1, -0.05) is 42.5 Å². The molecule has 0 saturated carbocycles. The number of para-hydroxylation sites is 1. The van der Waals surface area contributed by atoms with E-state index >= 15 is 0 Å². The molecule has 1 N–H and O–H groups in total. The number of fused-ring (bicyclic) bond motifs is 1. The summed E-state index contributed by atoms with van der Waals surface area (Å²) in [6.45, 7) is 3.77. The molecule has 5 nitrogen and oxygen atoms in total. The van der Waals surface area contributed by atoms with E-state index < -0.39 is 0 Å². The Bertz CT molecular complexity index is 1230. The number of aromatic nitrogens is 2. The van der Waals surface area contributed by atoms with Crippen LogP contribution in [0.2, 0.25) is 0 Å². The average molecular weight is 366 g/mol. The summed E-state index contributed by atoms with van der Waals surface area (Å²) < 4.78 is 1.96. The van der Waals surface area contributed by atoms with Gasteiger partial charge in [-0.05, 0) is 38.1 Å². The quantitative estimate of drug-likeness (QED) is 0.568. The van der Waals surface area contributed by atoms with E-state index in [-0.39, 0.29) is 5.91 Å². The van der Waals surface area contributed by atoms with Crippen molar-refractivity contribution in [1.29, 1.82) is 5.26 Å². The van der Waals surface area contributed by atoms with Crippen LogP contribution in [0.3, 0.4) is 0 Å². The Labute approximate surface area is 162 Å². The molecule has 1 aromatic heterocycles. The third-order valence-electron chi connectivity index (χ3n) is 4.80. The summed E-state index contributed by atoms with van der Waals surface area (Å²) in [5.74, 6) is 0.476. The Morgan fingerprint density at radius 1 is 0.964 bits per heavy atom. The highest BCUT2D eigenvalue weighted by atomic mass is 16.1. The van der Waals surface area contributed by atoms with E-state index in [1.165, 1.54) is 0 Å². The largest absolute Gasteiger partial charge is 0.320 e. The first-order valence-corrected chi connectivity index (χ1v) is 8.94. The van der Waals surface area contributed by atoms with Crippen LogP contribution in [-0.2, 0) is 0 Å². The predicted octanol–water partition coefficient (Wildman–Crippen LogP) is 4.77. The van der Waals surface area contributed by atoms with Gasteiger partial charge in [0.25, 0.3) is 5.91 Å². The number of imidazole rings is 1. The molecule has 0 atom stereocenters. The highest BCUT2D eigenvalue weighted by Gasteiger charge is 2.19. The summed E-state index contributed by atoms with van der Waals surface area (Å²) in [5.41, 5.74) is 3.36. The number of nitrogens with one attached hydrogen (secondary N) is 1. The fourth-order valence-electron chi connectivity index (χ4n) is 3.50. The van der Waals surface area contributed by atoms with Crippen LogP contribution in [0.4, 0.5) is 5.69 Å². The van der Waals surface area contributed by atoms with Crippen LogP contribution in [0.5, 0.6) is 0 Å². The normalized spacial score (nSPS) is 10.6. The number of carbonyl (C=O) groups is 1. The number of amides is 1. The molecule has 0 aliphatic carbocycles. The first kappa shape index (κ1) is 17.5. The summed E-state index contributed by atoms with van der Waals surface area (Å²) in [7, 11) is 0. The Hall–Kier alpha value is -3.91. The van der Waals surface area contributed by atoms with Gasteiger partial charge in [0.05, 0.1) is 17.3 Å². The first-order valence-electron chi connectivity index (χ1n) is 8.94. The van der Waals surface area contributed by atoms with Crippen molar-refractivity contribution >= 4 is 22.4 Å². The number of benzene rings is 3. The summed E-state index contributed by atoms with van der Waals surface area (Å²) in [4.78, 5) is 17.5. The zero-order chi connectivity index (χ0) is 19.7. The van der Waals surface area contributed by atoms with Crippen LogP contribution in [0.25, 0.3) is 16.5 Å². The van der Waals surface area contributed by atoms with Crippen molar-refractivity contribution in [3.63, 3.8) is 0 Å². The molecule has 0 saturated heterocycles. The van der Waals surface area contributed by atoms with Crippen LogP contribution < -0.4 is 5.32 Å². The minimum atomic E-state index is -0.273. The zero-order valence-electron chi connectivity index (χ0n) is 15.6. The van der Waals surface area contributed by atoms with Crippen LogP contribution in [-0.4, -0.2) is 15.5 Å². The molecule has 4 aromatic rings. The Morgan fingerprint density at radius 2 is 1.64 bits per heavy atom. The van der Waals surface area contributed by atoms with Crippen molar-refractivity contribution in [1.82, 2.24) is 9.55 Å². The molecule has 0 aliphatic heterocycles. The number of nitriles is 1. The molecule has 5 heteroatoms. The van der Waals surface area contributed by atoms with E-state index in [9.17, 15) is 10.1 Å². The monoisotopic (exact) mass is 366 g/mol. The lowest BCUT2D eigenvalue weighted by atomic mass is 10.0. The molecule has 3 aromatic carbocycles. The maximum Gasteiger partial charge on any atom is 0.276 e. The molecule has 0 spiro atoms. The second kappa shape index (κ2) is 7.01. The van der Waals surface area contributed by atoms with Crippen LogP contribution in [0.15, 0.2) is 66.7 Å². The van der Waals surface area contributed by atoms with Gasteiger partial charge in [0.15, 0.2) is 0 Å². The van der Waals surface area contributed by atoms with E-state index in [0.717, 1.165) is 28.0 Å². The summed E-state index contributed by atoms with van der Waals surface area (Å²) in [6.07, 6.45) is 0. The van der Waals surface area contributed by atoms with Gasteiger partial charge in [-0.3, -0.25) is 4.79 Å². The molecule has 0 aliphatic rings. The molecular formula is C23H18N4O. The van der Waals surface area contributed by atoms with Gasteiger partial charge in [0.2, 0.25) is 0 Å². The zero-order valence-corrected chi connectivity index (χ0v) is 15.6. The molecule has 1 heterocycles. The molecule has 1 amide bonds. The number of hydrogen-bond donors (Lipinski definition) is 1. The molecular weight excluding hydrogens is 348 g/mol. The van der Waals surface area contributed by atoms with Gasteiger partial charge in [0.1, 0.15) is 11.5 Å². The van der Waals surface area contributed by atoms with Gasteiger partial charge in [0, 0.05) is 22.1 Å². The van der Waals surface area contributed by atoms with Gasteiger partial charge < -0.3 is 9.88 Å². The van der Waals surface area contributed by atoms with E-state index in [0.29, 0.717) is 16.9 Å². The Balaban J connectivity index is 1.73. The third kappa shape index (κ3) is 2.91. The molecule has 0 radical (unpaired) electrons. The topological polar surface area (TPSA) is 70.7 Å². The number of aryl methyl sites for hydroxylation is 1. The lowest BCUT2D eigenvalue weighted by Gasteiger charge is -2.10. The highest BCUT2D eigenvalue weighted by Crippen LogP contribution is 2.27. The first-order chi connectivity index (χ1) is 13.6. The SMILES string of the molecule is Cc1nc(C(=O)Nc2ccc(C#N)c3ccccc23)c(C)n1-c1ccccc1. The van der Waals surface area contributed by atoms with Crippen molar-refractivity contribution in [3.05, 3.63) is 89.5 Å². The number of carbonyl (C=O) groups excluding carboxylic acids is 1. The second-order valence-electron chi connectivity index (χ2n) is 6.54. The molecule has 0 unspecified atom stereocenters. The lowest BCUT2D eigenvalue weighted by Crippen LogP contribution is -2.14. The highest BCUT2D eigenvalue weighted by molar-refractivity contribution is 6.09. The minimum absolute atomic E-state index is 0.273. The van der Waals surface area contributed by atoms with Crippen molar-refractivity contribution in [3.8, 4) is 11.8 Å². The Kier molecular flexibility index (Phi) is 4.38. The fraction of sp³-hybridized carbons (Fsp3) is 0.0870. The fourth-order valence-corrected chi connectivity index (χ4v) is 3.50. The van der Waals surface area contributed by atoms with E-state index in [1.54, 1.807) is 12.1 Å². The van der Waals surface area contributed by atoms with E-state index in [4.69, 9.17) is 0 Å². The smallest absolute Gasteiger partial charge is 0.276 e. The van der Waals surface area contributed by atoms with Gasteiger partial charge in [-0.2, -0.15) is 5.26 Å². The maximum absolute atomic E-state index is 13.0. The third-order valence-corrected chi connectivity index (χ3v) is 4.80. The Morgan fingerprint density at radius 3 is 2.36 bits per heavy atom. The number of rotatable bonds is 3. The van der Waals surface area contributed by atoms with Crippen molar-refractivity contribution < 1.29 is 4.79 Å². The standard InChI is InChI=1S/C23H18N4O/c1-15-22(25-16(2)27(15)18-8-4-3-5-9-18)23(28)26-21-13-12-17(14-24)19-10-6-7-11-20(19)21/h3-13H,1-2H3,(H,26,28). The lowest BCUT2D eigenvalue weighted by molar-refractivity contribution is 0.102. The van der Waals surface area contributed by atoms with E-state index in [2.05, 4.69) is 16.4 Å². The molecule has 0 bridgehead atoms. The van der Waals surface area contributed by atoms with Crippen molar-refractivity contribution in [2.75, 3.05) is 5.32 Å². The van der Waals surface area contributed by atoms with Crippen molar-refractivity contribution in [2.45, 2.75) is 13.8 Å². The van der Waals surface area contributed by atoms with Gasteiger partial charge >= 0.3 is 0 Å². The maximum atomic E-state index is 13.0. The van der Waals surface area contributed by atoms with Gasteiger partial charge in [-0.15, -0.1) is 0 Å². The summed E-state index contributed by atoms with van der Waals surface area (Å²) in [6, 6.07) is 23.0. The van der Waals surface area contributed by atoms with Gasteiger partial charge in [-0.25, -0.2) is 4.98 Å². The van der Waals surface area contributed by atoms with Crippen molar-refractivity contribution in [2.24, 2.45) is 0 Å². The second-order valence-corrected chi connectivity index (χ2v) is 6.54. The van der Waals surface area contributed by atoms with Crippen LogP contribution in [0.1, 0.15) is 27.6 Å². The minimum Gasteiger partial charge on any atom is -0.320 e. The molecule has 28 heavy (non-hydrogen) atoms. The molecule has 136 valence electrons. The van der Waals surface area contributed by atoms with Crippen LogP contribution >= 0.6 is 0 Å². The average Bonchev–Trinajstić information content (AvgIpc) is 3.03. The number of hydrogen-bond acceptors (Lipinski definition) is 3. The summed E-state index contributed by atoms with van der Waals surface area (Å²) >= 11 is 0. The summed E-state index contributed by atoms with van der Waals surface area (Å²) in [5, 5.41) is 13.9. The molecule has 0 fully saturated rings. The number of nitrogens with zero attached hydrogens (tertiary/aromatic N) is 3. The predicted molar refractivity (Wildman–Crippen MR) is 110 cm³/mol. The van der Waals surface area contributed by atoms with E-state index in [1.807, 2.05) is 73.0 Å². The molecule has 4 rings (SSSR count).